The van der Waals surface area contributed by atoms with Crippen molar-refractivity contribution in [2.45, 2.75) is 32.2 Å². The smallest absolute Gasteiger partial charge is 0.338 e. The van der Waals surface area contributed by atoms with E-state index in [2.05, 4.69) is 15.0 Å². The highest BCUT2D eigenvalue weighted by Gasteiger charge is 2.33. The van der Waals surface area contributed by atoms with Gasteiger partial charge in [0.05, 0.1) is 19.8 Å². The lowest BCUT2D eigenvalue weighted by atomic mass is 9.96. The number of rotatable bonds is 6. The maximum absolute atomic E-state index is 11.9. The molecule has 6 heteroatoms. The molecule has 0 fully saturated rings. The van der Waals surface area contributed by atoms with Gasteiger partial charge in [-0.15, -0.1) is 0 Å². The monoisotopic (exact) mass is 280 g/mol. The molecule has 0 spiro atoms. The molecule has 0 radical (unpaired) electrons. The third-order valence-corrected chi connectivity index (χ3v) is 2.97. The van der Waals surface area contributed by atoms with Crippen LogP contribution in [-0.4, -0.2) is 36.7 Å². The number of nitrogens with one attached hydrogen (secondary N) is 1. The molecule has 0 aliphatic rings. The average molecular weight is 280 g/mol. The van der Waals surface area contributed by atoms with Crippen LogP contribution < -0.4 is 5.32 Å². The first-order chi connectivity index (χ1) is 9.46. The maximum atomic E-state index is 11.9. The summed E-state index contributed by atoms with van der Waals surface area (Å²) in [6, 6.07) is 3.09. The Morgan fingerprint density at radius 2 is 2.05 bits per heavy atom. The number of hydrogen-bond donors (Lipinski definition) is 1. The number of esters is 2. The minimum atomic E-state index is -0.884. The Kier molecular flexibility index (Phi) is 5.49. The number of nitrogens with zero attached hydrogens (tertiary/aromatic N) is 1. The molecule has 110 valence electrons. The average Bonchev–Trinajstić information content (AvgIpc) is 2.45. The minimum Gasteiger partial charge on any atom is -0.467 e. The van der Waals surface area contributed by atoms with Crippen LogP contribution in [0.1, 0.15) is 37.0 Å². The standard InChI is InChI=1S/C14H20N2O4/c1-5-7-14(2,13(18)20-4)16-11-9-10(6-8-15-11)12(17)19-3/h6,8-9H,5,7H2,1-4H3,(H,15,16). The zero-order valence-electron chi connectivity index (χ0n) is 12.2. The Hall–Kier alpha value is -2.11. The molecule has 0 aliphatic heterocycles. The van der Waals surface area contributed by atoms with Gasteiger partial charge in [-0.05, 0) is 25.5 Å². The van der Waals surface area contributed by atoms with E-state index in [1.54, 1.807) is 19.1 Å². The largest absolute Gasteiger partial charge is 0.467 e. The molecule has 0 aliphatic carbocycles. The fraction of sp³-hybridized carbons (Fsp3) is 0.500. The lowest BCUT2D eigenvalue weighted by Gasteiger charge is -2.28. The highest BCUT2D eigenvalue weighted by molar-refractivity contribution is 5.90. The number of carbonyl (C=O) groups excluding carboxylic acids is 2. The van der Waals surface area contributed by atoms with Crippen LogP contribution in [0.3, 0.4) is 0 Å². The number of ether oxygens (including phenoxy) is 2. The van der Waals surface area contributed by atoms with E-state index in [-0.39, 0.29) is 5.97 Å². The maximum Gasteiger partial charge on any atom is 0.338 e. The van der Waals surface area contributed by atoms with Crippen LogP contribution in [0.4, 0.5) is 5.82 Å². The fourth-order valence-electron chi connectivity index (χ4n) is 1.97. The quantitative estimate of drug-likeness (QED) is 0.803. The summed E-state index contributed by atoms with van der Waals surface area (Å²) in [7, 11) is 2.65. The summed E-state index contributed by atoms with van der Waals surface area (Å²) in [6.07, 6.45) is 2.87. The summed E-state index contributed by atoms with van der Waals surface area (Å²) >= 11 is 0. The first-order valence-corrected chi connectivity index (χ1v) is 6.37. The summed E-state index contributed by atoms with van der Waals surface area (Å²) in [4.78, 5) is 27.5. The molecular weight excluding hydrogens is 260 g/mol. The van der Waals surface area contributed by atoms with Crippen molar-refractivity contribution in [3.05, 3.63) is 23.9 Å². The van der Waals surface area contributed by atoms with Gasteiger partial charge in [-0.3, -0.25) is 0 Å². The fourth-order valence-corrected chi connectivity index (χ4v) is 1.97. The molecule has 0 saturated heterocycles. The van der Waals surface area contributed by atoms with E-state index >= 15 is 0 Å². The number of aromatic nitrogens is 1. The summed E-state index contributed by atoms with van der Waals surface area (Å²) in [6.45, 7) is 3.72. The van der Waals surface area contributed by atoms with Crippen molar-refractivity contribution in [3.8, 4) is 0 Å². The first kappa shape index (κ1) is 15.9. The molecule has 6 nitrogen and oxygen atoms in total. The molecule has 20 heavy (non-hydrogen) atoms. The Bertz CT molecular complexity index is 490. The topological polar surface area (TPSA) is 77.5 Å². The van der Waals surface area contributed by atoms with Gasteiger partial charge in [-0.2, -0.15) is 0 Å². The predicted octanol–water partition coefficient (Wildman–Crippen LogP) is 2.01. The van der Waals surface area contributed by atoms with Crippen molar-refractivity contribution >= 4 is 17.8 Å². The summed E-state index contributed by atoms with van der Waals surface area (Å²) in [5.74, 6) is -0.399. The van der Waals surface area contributed by atoms with Gasteiger partial charge in [0.15, 0.2) is 0 Å². The molecule has 1 heterocycles. The van der Waals surface area contributed by atoms with E-state index in [1.807, 2.05) is 6.92 Å². The summed E-state index contributed by atoms with van der Waals surface area (Å²) < 4.78 is 9.47. The van der Waals surface area contributed by atoms with Gasteiger partial charge in [0.2, 0.25) is 0 Å². The number of pyridine rings is 1. The Morgan fingerprint density at radius 3 is 2.60 bits per heavy atom. The number of hydrogen-bond acceptors (Lipinski definition) is 6. The van der Waals surface area contributed by atoms with Gasteiger partial charge >= 0.3 is 11.9 Å². The van der Waals surface area contributed by atoms with Crippen molar-refractivity contribution in [3.63, 3.8) is 0 Å². The highest BCUT2D eigenvalue weighted by Crippen LogP contribution is 2.21. The number of carbonyl (C=O) groups is 2. The number of anilines is 1. The van der Waals surface area contributed by atoms with Gasteiger partial charge in [-0.1, -0.05) is 13.3 Å². The van der Waals surface area contributed by atoms with E-state index in [0.717, 1.165) is 6.42 Å². The minimum absolute atomic E-state index is 0.369. The van der Waals surface area contributed by atoms with Crippen LogP contribution in [-0.2, 0) is 14.3 Å². The van der Waals surface area contributed by atoms with Crippen molar-refractivity contribution in [1.82, 2.24) is 4.98 Å². The van der Waals surface area contributed by atoms with E-state index in [0.29, 0.717) is 17.8 Å². The van der Waals surface area contributed by atoms with Crippen molar-refractivity contribution in [2.24, 2.45) is 0 Å². The molecule has 0 saturated carbocycles. The molecular formula is C14H20N2O4. The number of methoxy groups -OCH3 is 2. The molecule has 0 aromatic carbocycles. The third kappa shape index (κ3) is 3.69. The van der Waals surface area contributed by atoms with Crippen LogP contribution in [0.2, 0.25) is 0 Å². The van der Waals surface area contributed by atoms with Crippen molar-refractivity contribution < 1.29 is 19.1 Å². The van der Waals surface area contributed by atoms with Gasteiger partial charge in [0.25, 0.3) is 0 Å². The second-order valence-electron chi connectivity index (χ2n) is 4.62. The molecule has 1 aromatic rings. The highest BCUT2D eigenvalue weighted by atomic mass is 16.5. The zero-order valence-corrected chi connectivity index (χ0v) is 12.2. The van der Waals surface area contributed by atoms with E-state index in [1.165, 1.54) is 20.4 Å². The SMILES string of the molecule is CCCC(C)(Nc1cc(C(=O)OC)ccn1)C(=O)OC. The van der Waals surface area contributed by atoms with Crippen LogP contribution in [0.15, 0.2) is 18.3 Å². The second kappa shape index (κ2) is 6.88. The van der Waals surface area contributed by atoms with Crippen LogP contribution in [0.25, 0.3) is 0 Å². The first-order valence-electron chi connectivity index (χ1n) is 6.37. The lowest BCUT2D eigenvalue weighted by Crippen LogP contribution is -2.44. The van der Waals surface area contributed by atoms with Crippen LogP contribution >= 0.6 is 0 Å². The molecule has 1 atom stereocenters. The van der Waals surface area contributed by atoms with Gasteiger partial charge in [-0.25, -0.2) is 14.6 Å². The summed E-state index contributed by atoms with van der Waals surface area (Å²) in [5.41, 5.74) is -0.515. The molecule has 1 rings (SSSR count). The second-order valence-corrected chi connectivity index (χ2v) is 4.62. The Morgan fingerprint density at radius 1 is 1.35 bits per heavy atom. The molecule has 1 unspecified atom stereocenters. The van der Waals surface area contributed by atoms with Gasteiger partial charge in [0.1, 0.15) is 11.4 Å². The lowest BCUT2D eigenvalue weighted by molar-refractivity contribution is -0.145. The summed E-state index contributed by atoms with van der Waals surface area (Å²) in [5, 5.41) is 3.03. The van der Waals surface area contributed by atoms with Gasteiger partial charge in [0, 0.05) is 6.20 Å². The zero-order chi connectivity index (χ0) is 15.2. The normalized spacial score (nSPS) is 13.2. The molecule has 1 aromatic heterocycles. The van der Waals surface area contributed by atoms with Crippen LogP contribution in [0, 0.1) is 0 Å². The molecule has 0 amide bonds. The Balaban J connectivity index is 3.00. The Labute approximate surface area is 118 Å². The molecule has 1 N–H and O–H groups in total. The van der Waals surface area contributed by atoms with Gasteiger partial charge < -0.3 is 14.8 Å². The third-order valence-electron chi connectivity index (χ3n) is 2.97. The van der Waals surface area contributed by atoms with E-state index < -0.39 is 11.5 Å². The van der Waals surface area contributed by atoms with Crippen molar-refractivity contribution in [2.75, 3.05) is 19.5 Å². The molecule has 0 bridgehead atoms. The van der Waals surface area contributed by atoms with Crippen LogP contribution in [0.5, 0.6) is 0 Å². The van der Waals surface area contributed by atoms with Crippen molar-refractivity contribution in [1.29, 1.82) is 0 Å². The van der Waals surface area contributed by atoms with E-state index in [4.69, 9.17) is 4.74 Å². The predicted molar refractivity (Wildman–Crippen MR) is 74.5 cm³/mol. The van der Waals surface area contributed by atoms with E-state index in [9.17, 15) is 9.59 Å².